The molecule has 0 bridgehead atoms. The van der Waals surface area contributed by atoms with Gasteiger partial charge in [-0.3, -0.25) is 4.79 Å². The molecule has 5 heteroatoms. The Hall–Kier alpha value is -1.52. The van der Waals surface area contributed by atoms with Gasteiger partial charge in [-0.1, -0.05) is 12.2 Å². The van der Waals surface area contributed by atoms with Crippen molar-refractivity contribution in [3.8, 4) is 0 Å². The zero-order valence-corrected chi connectivity index (χ0v) is 7.90. The van der Waals surface area contributed by atoms with E-state index >= 15 is 0 Å². The molecule has 0 heterocycles. The van der Waals surface area contributed by atoms with Gasteiger partial charge in [0, 0.05) is 0 Å². The Morgan fingerprint density at radius 3 is 2.79 bits per heavy atom. The average Bonchev–Trinajstić information content (AvgIpc) is 2.53. The van der Waals surface area contributed by atoms with E-state index in [1.165, 1.54) is 0 Å². The zero-order chi connectivity index (χ0) is 10.6. The Bertz CT molecular complexity index is 262. The maximum absolute atomic E-state index is 11.0. The van der Waals surface area contributed by atoms with Crippen LogP contribution in [-0.4, -0.2) is 29.8 Å². The summed E-state index contributed by atoms with van der Waals surface area (Å²) in [5.74, 6) is -1.36. The van der Waals surface area contributed by atoms with Crippen LogP contribution in [0.1, 0.15) is 13.3 Å². The second-order valence-corrected chi connectivity index (χ2v) is 3.04. The number of nitrogens with one attached hydrogen (secondary N) is 1. The molecular weight excluding hydrogens is 186 g/mol. The molecule has 2 N–H and O–H groups in total. The summed E-state index contributed by atoms with van der Waals surface area (Å²) in [6, 6.07) is -0.227. The average molecular weight is 199 g/mol. The lowest BCUT2D eigenvalue weighted by Crippen LogP contribution is -2.33. The van der Waals surface area contributed by atoms with Gasteiger partial charge in [0.2, 0.25) is 0 Å². The van der Waals surface area contributed by atoms with Gasteiger partial charge in [0.05, 0.1) is 18.6 Å². The van der Waals surface area contributed by atoms with Crippen LogP contribution in [0, 0.1) is 5.92 Å². The quantitative estimate of drug-likeness (QED) is 0.658. The van der Waals surface area contributed by atoms with Crippen molar-refractivity contribution in [2.75, 3.05) is 6.61 Å². The fourth-order valence-electron chi connectivity index (χ4n) is 1.31. The lowest BCUT2D eigenvalue weighted by Gasteiger charge is -2.11. The summed E-state index contributed by atoms with van der Waals surface area (Å²) in [4.78, 5) is 21.5. The smallest absolute Gasteiger partial charge is 0.407 e. The van der Waals surface area contributed by atoms with Crippen LogP contribution < -0.4 is 5.32 Å². The third kappa shape index (κ3) is 2.76. The number of hydrogen-bond donors (Lipinski definition) is 2. The molecular formula is C9H13NO4. The predicted molar refractivity (Wildman–Crippen MR) is 48.8 cm³/mol. The van der Waals surface area contributed by atoms with Crippen molar-refractivity contribution in [2.45, 2.75) is 19.4 Å². The highest BCUT2D eigenvalue weighted by atomic mass is 16.5. The molecule has 1 aliphatic carbocycles. The van der Waals surface area contributed by atoms with Crippen LogP contribution >= 0.6 is 0 Å². The fourth-order valence-corrected chi connectivity index (χ4v) is 1.31. The molecule has 5 nitrogen and oxygen atoms in total. The number of hydrogen-bond acceptors (Lipinski definition) is 3. The van der Waals surface area contributed by atoms with E-state index < -0.39 is 18.0 Å². The summed E-state index contributed by atoms with van der Waals surface area (Å²) < 4.78 is 4.67. The first-order valence-corrected chi connectivity index (χ1v) is 4.48. The van der Waals surface area contributed by atoms with Crippen LogP contribution in [0.5, 0.6) is 0 Å². The van der Waals surface area contributed by atoms with Gasteiger partial charge in [0.1, 0.15) is 0 Å². The second kappa shape index (κ2) is 4.64. The van der Waals surface area contributed by atoms with E-state index in [0.717, 1.165) is 0 Å². The Morgan fingerprint density at radius 1 is 1.57 bits per heavy atom. The molecule has 1 aliphatic rings. The molecule has 0 aromatic heterocycles. The summed E-state index contributed by atoms with van der Waals surface area (Å²) in [6.07, 6.45) is 3.15. The Labute approximate surface area is 81.7 Å². The highest BCUT2D eigenvalue weighted by molar-refractivity contribution is 5.74. The van der Waals surface area contributed by atoms with Crippen molar-refractivity contribution in [1.82, 2.24) is 5.32 Å². The first kappa shape index (κ1) is 10.6. The molecule has 0 spiro atoms. The molecule has 2 unspecified atom stereocenters. The normalized spacial score (nSPS) is 24.6. The van der Waals surface area contributed by atoms with E-state index in [1.54, 1.807) is 19.1 Å². The lowest BCUT2D eigenvalue weighted by molar-refractivity contribution is -0.140. The van der Waals surface area contributed by atoms with Crippen molar-refractivity contribution in [3.05, 3.63) is 12.2 Å². The van der Waals surface area contributed by atoms with E-state index in [2.05, 4.69) is 10.1 Å². The van der Waals surface area contributed by atoms with Gasteiger partial charge in [0.25, 0.3) is 0 Å². The van der Waals surface area contributed by atoms with Crippen molar-refractivity contribution >= 4 is 12.1 Å². The third-order valence-electron chi connectivity index (χ3n) is 1.98. The van der Waals surface area contributed by atoms with E-state index in [1.807, 2.05) is 0 Å². The summed E-state index contributed by atoms with van der Waals surface area (Å²) in [6.45, 7) is 2.02. The lowest BCUT2D eigenvalue weighted by atomic mass is 10.1. The minimum Gasteiger partial charge on any atom is -0.481 e. The molecule has 0 aliphatic heterocycles. The molecule has 1 amide bonds. The highest BCUT2D eigenvalue weighted by Crippen LogP contribution is 2.17. The first-order chi connectivity index (χ1) is 6.63. The molecule has 2 atom stereocenters. The Morgan fingerprint density at radius 2 is 2.29 bits per heavy atom. The summed E-state index contributed by atoms with van der Waals surface area (Å²) in [7, 11) is 0. The third-order valence-corrected chi connectivity index (χ3v) is 1.98. The van der Waals surface area contributed by atoms with Crippen LogP contribution in [0.4, 0.5) is 4.79 Å². The largest absolute Gasteiger partial charge is 0.481 e. The minimum absolute atomic E-state index is 0.227. The van der Waals surface area contributed by atoms with Gasteiger partial charge >= 0.3 is 12.1 Å². The SMILES string of the molecule is CCOC(=O)NC1C=CC(C(=O)O)C1. The van der Waals surface area contributed by atoms with Crippen LogP contribution in [0.2, 0.25) is 0 Å². The molecule has 0 aromatic carbocycles. The van der Waals surface area contributed by atoms with Gasteiger partial charge in [-0.05, 0) is 13.3 Å². The van der Waals surface area contributed by atoms with Gasteiger partial charge in [0.15, 0.2) is 0 Å². The van der Waals surface area contributed by atoms with Crippen molar-refractivity contribution in [2.24, 2.45) is 5.92 Å². The standard InChI is InChI=1S/C9H13NO4/c1-2-14-9(13)10-7-4-3-6(5-7)8(11)12/h3-4,6-7H,2,5H2,1H3,(H,10,13)(H,11,12). The van der Waals surface area contributed by atoms with Crippen LogP contribution in [0.15, 0.2) is 12.2 Å². The molecule has 78 valence electrons. The number of carbonyl (C=O) groups excluding carboxylic acids is 1. The van der Waals surface area contributed by atoms with Gasteiger partial charge in [-0.15, -0.1) is 0 Å². The number of carboxylic acids is 1. The summed E-state index contributed by atoms with van der Waals surface area (Å²) in [5, 5.41) is 11.2. The second-order valence-electron chi connectivity index (χ2n) is 3.04. The number of carbonyl (C=O) groups is 2. The number of alkyl carbamates (subject to hydrolysis) is 1. The van der Waals surface area contributed by atoms with Gasteiger partial charge in [-0.25, -0.2) is 4.79 Å². The fraction of sp³-hybridized carbons (Fsp3) is 0.556. The van der Waals surface area contributed by atoms with Crippen LogP contribution in [0.25, 0.3) is 0 Å². The highest BCUT2D eigenvalue weighted by Gasteiger charge is 2.25. The molecule has 0 aromatic rings. The zero-order valence-electron chi connectivity index (χ0n) is 7.90. The molecule has 1 rings (SSSR count). The maximum Gasteiger partial charge on any atom is 0.407 e. The molecule has 0 radical (unpaired) electrons. The molecule has 0 saturated carbocycles. The molecule has 14 heavy (non-hydrogen) atoms. The van der Waals surface area contributed by atoms with Crippen molar-refractivity contribution in [1.29, 1.82) is 0 Å². The van der Waals surface area contributed by atoms with Crippen molar-refractivity contribution < 1.29 is 19.4 Å². The predicted octanol–water partition coefficient (Wildman–Crippen LogP) is 0.762. The minimum atomic E-state index is -0.866. The topological polar surface area (TPSA) is 75.6 Å². The number of carboxylic acid groups (broad SMARTS) is 1. The van der Waals surface area contributed by atoms with Crippen LogP contribution in [-0.2, 0) is 9.53 Å². The van der Waals surface area contributed by atoms with E-state index in [4.69, 9.17) is 5.11 Å². The number of aliphatic carboxylic acids is 1. The monoisotopic (exact) mass is 199 g/mol. The van der Waals surface area contributed by atoms with Gasteiger partial charge < -0.3 is 15.2 Å². The van der Waals surface area contributed by atoms with Crippen molar-refractivity contribution in [3.63, 3.8) is 0 Å². The van der Waals surface area contributed by atoms with Gasteiger partial charge in [-0.2, -0.15) is 0 Å². The van der Waals surface area contributed by atoms with Crippen LogP contribution in [0.3, 0.4) is 0 Å². The number of rotatable bonds is 3. The summed E-state index contributed by atoms with van der Waals surface area (Å²) in [5.41, 5.74) is 0. The summed E-state index contributed by atoms with van der Waals surface area (Å²) >= 11 is 0. The van der Waals surface area contributed by atoms with E-state index in [-0.39, 0.29) is 6.04 Å². The Kier molecular flexibility index (Phi) is 3.50. The molecule has 0 fully saturated rings. The molecule has 0 saturated heterocycles. The first-order valence-electron chi connectivity index (χ1n) is 4.48. The maximum atomic E-state index is 11.0. The van der Waals surface area contributed by atoms with E-state index in [0.29, 0.717) is 13.0 Å². The number of ether oxygens (including phenoxy) is 1. The van der Waals surface area contributed by atoms with E-state index in [9.17, 15) is 9.59 Å². The number of amides is 1. The Balaban J connectivity index is 2.33.